The molecule has 1 aromatic heterocycles. The Morgan fingerprint density at radius 1 is 1.10 bits per heavy atom. The van der Waals surface area contributed by atoms with Crippen LogP contribution in [0, 0.1) is 29.6 Å². The molecule has 0 aliphatic rings. The summed E-state index contributed by atoms with van der Waals surface area (Å²) in [6, 6.07) is 16.4. The molecule has 7 heteroatoms. The monoisotopic (exact) mass is 403 g/mol. The first-order valence-corrected chi connectivity index (χ1v) is 9.41. The summed E-state index contributed by atoms with van der Waals surface area (Å²) in [5.41, 5.74) is 1.76. The number of nitriles is 2. The van der Waals surface area contributed by atoms with E-state index < -0.39 is 0 Å². The highest BCUT2D eigenvalue weighted by Crippen LogP contribution is 2.25. The van der Waals surface area contributed by atoms with E-state index in [0.717, 1.165) is 16.9 Å². The number of rotatable bonds is 4. The molecule has 3 rings (SSSR count). The van der Waals surface area contributed by atoms with Crippen LogP contribution in [0.25, 0.3) is 17.3 Å². The van der Waals surface area contributed by atoms with Crippen LogP contribution in [-0.2, 0) is 0 Å². The molecule has 144 valence electrons. The Kier molecular flexibility index (Phi) is 5.82. The van der Waals surface area contributed by atoms with Crippen LogP contribution in [0.3, 0.4) is 0 Å². The van der Waals surface area contributed by atoms with Gasteiger partial charge in [-0.1, -0.05) is 18.2 Å². The number of nitrogens with zero attached hydrogens (tertiary/aromatic N) is 3. The Bertz CT molecular complexity index is 1320. The van der Waals surface area contributed by atoms with E-state index in [9.17, 15) is 15.3 Å². The molecule has 0 N–H and O–H groups in total. The summed E-state index contributed by atoms with van der Waals surface area (Å²) < 4.78 is 12.7. The normalized spacial score (nSPS) is 10.9. The summed E-state index contributed by atoms with van der Waals surface area (Å²) in [7, 11) is 3.10. The van der Waals surface area contributed by atoms with Gasteiger partial charge in [-0.3, -0.25) is 9.36 Å². The standard InChI is InChI=1S/C22H17N3O3S/c1-14-6-4-5-7-18(14)25-21(26)20(29-22(25)16(12-23)13-24)10-15-8-9-17(27-2)11-19(15)28-3/h4-11H,1-3H3/b20-10-. The maximum absolute atomic E-state index is 13.3. The van der Waals surface area contributed by atoms with E-state index in [2.05, 4.69) is 0 Å². The van der Waals surface area contributed by atoms with Gasteiger partial charge in [-0.25, -0.2) is 0 Å². The Hall–Kier alpha value is -3.81. The van der Waals surface area contributed by atoms with E-state index in [0.29, 0.717) is 31.9 Å². The number of hydrogen-bond acceptors (Lipinski definition) is 6. The van der Waals surface area contributed by atoms with Crippen molar-refractivity contribution in [1.29, 1.82) is 10.5 Å². The van der Waals surface area contributed by atoms with E-state index in [4.69, 9.17) is 9.47 Å². The summed E-state index contributed by atoms with van der Waals surface area (Å²) >= 11 is 1.10. The molecule has 0 unspecified atom stereocenters. The molecule has 3 aromatic rings. The van der Waals surface area contributed by atoms with Gasteiger partial charge in [0.15, 0.2) is 5.57 Å². The minimum Gasteiger partial charge on any atom is -0.497 e. The minimum atomic E-state index is -0.305. The van der Waals surface area contributed by atoms with Crippen molar-refractivity contribution >= 4 is 23.0 Å². The van der Waals surface area contributed by atoms with Crippen LogP contribution in [0.5, 0.6) is 11.5 Å². The van der Waals surface area contributed by atoms with Gasteiger partial charge in [-0.2, -0.15) is 10.5 Å². The first-order chi connectivity index (χ1) is 14.0. The van der Waals surface area contributed by atoms with Gasteiger partial charge in [0.2, 0.25) is 0 Å². The number of para-hydroxylation sites is 1. The summed E-state index contributed by atoms with van der Waals surface area (Å²) in [6.07, 6.45) is 1.69. The lowest BCUT2D eigenvalue weighted by Gasteiger charge is -2.07. The van der Waals surface area contributed by atoms with Crippen LogP contribution < -0.4 is 24.2 Å². The Balaban J connectivity index is 2.40. The van der Waals surface area contributed by atoms with Crippen LogP contribution in [-0.4, -0.2) is 18.8 Å². The quantitative estimate of drug-likeness (QED) is 0.667. The molecule has 0 atom stereocenters. The fourth-order valence-electron chi connectivity index (χ4n) is 2.88. The fourth-order valence-corrected chi connectivity index (χ4v) is 3.92. The third-order valence-corrected chi connectivity index (χ3v) is 5.44. The number of ether oxygens (including phenoxy) is 2. The van der Waals surface area contributed by atoms with Crippen molar-refractivity contribution in [2.24, 2.45) is 0 Å². The topological polar surface area (TPSA) is 88.0 Å². The molecule has 0 saturated carbocycles. The van der Waals surface area contributed by atoms with Gasteiger partial charge in [-0.15, -0.1) is 11.3 Å². The van der Waals surface area contributed by atoms with Gasteiger partial charge in [0.25, 0.3) is 5.56 Å². The smallest absolute Gasteiger partial charge is 0.273 e. The van der Waals surface area contributed by atoms with Crippen molar-refractivity contribution in [1.82, 2.24) is 4.57 Å². The summed E-state index contributed by atoms with van der Waals surface area (Å²) in [5.74, 6) is 1.18. The van der Waals surface area contributed by atoms with Gasteiger partial charge in [0, 0.05) is 11.6 Å². The van der Waals surface area contributed by atoms with Gasteiger partial charge in [-0.05, 0) is 36.8 Å². The number of methoxy groups -OCH3 is 2. The molecule has 0 fully saturated rings. The van der Waals surface area contributed by atoms with E-state index in [1.165, 1.54) is 11.7 Å². The highest BCUT2D eigenvalue weighted by Gasteiger charge is 2.13. The molecule has 29 heavy (non-hydrogen) atoms. The Morgan fingerprint density at radius 2 is 1.83 bits per heavy atom. The van der Waals surface area contributed by atoms with E-state index in [1.54, 1.807) is 37.5 Å². The molecule has 2 aromatic carbocycles. The molecule has 6 nitrogen and oxygen atoms in total. The van der Waals surface area contributed by atoms with Gasteiger partial charge in [0.05, 0.1) is 24.4 Å². The zero-order valence-corrected chi connectivity index (χ0v) is 16.9. The first-order valence-electron chi connectivity index (χ1n) is 8.60. The second-order valence-corrected chi connectivity index (χ2v) is 7.08. The van der Waals surface area contributed by atoms with Crippen molar-refractivity contribution in [3.05, 3.63) is 73.1 Å². The molecule has 0 aliphatic carbocycles. The van der Waals surface area contributed by atoms with Crippen molar-refractivity contribution in [3.8, 4) is 29.3 Å². The van der Waals surface area contributed by atoms with Gasteiger partial charge < -0.3 is 9.47 Å². The molecule has 0 aliphatic heterocycles. The number of benzene rings is 2. The highest BCUT2D eigenvalue weighted by atomic mass is 32.1. The maximum Gasteiger partial charge on any atom is 0.273 e. The van der Waals surface area contributed by atoms with Gasteiger partial charge >= 0.3 is 0 Å². The number of thiazole rings is 1. The zero-order chi connectivity index (χ0) is 21.0. The van der Waals surface area contributed by atoms with Crippen molar-refractivity contribution in [2.75, 3.05) is 14.2 Å². The van der Waals surface area contributed by atoms with E-state index in [-0.39, 0.29) is 11.1 Å². The highest BCUT2D eigenvalue weighted by molar-refractivity contribution is 7.07. The second-order valence-electron chi connectivity index (χ2n) is 6.05. The second kappa shape index (κ2) is 8.47. The molecule has 0 bridgehead atoms. The van der Waals surface area contributed by atoms with Crippen LogP contribution >= 0.6 is 11.3 Å². The number of hydrogen-bond donors (Lipinski definition) is 0. The minimum absolute atomic E-state index is 0.114. The maximum atomic E-state index is 13.3. The molecule has 0 spiro atoms. The summed E-state index contributed by atoms with van der Waals surface area (Å²) in [6.45, 7) is 1.87. The predicted octanol–water partition coefficient (Wildman–Crippen LogP) is 2.25. The van der Waals surface area contributed by atoms with E-state index in [1.807, 2.05) is 37.3 Å². The molecule has 1 heterocycles. The van der Waals surface area contributed by atoms with Gasteiger partial charge in [0.1, 0.15) is 28.3 Å². The van der Waals surface area contributed by atoms with Crippen LogP contribution in [0.1, 0.15) is 11.1 Å². The molecule has 0 radical (unpaired) electrons. The lowest BCUT2D eigenvalue weighted by molar-refractivity contribution is 0.393. The molecule has 0 saturated heterocycles. The summed E-state index contributed by atoms with van der Waals surface area (Å²) in [4.78, 5) is 13.3. The third kappa shape index (κ3) is 3.77. The predicted molar refractivity (Wildman–Crippen MR) is 112 cm³/mol. The SMILES string of the molecule is COc1ccc(/C=c2\sc(=C(C#N)C#N)n(-c3ccccc3C)c2=O)c(OC)c1. The summed E-state index contributed by atoms with van der Waals surface area (Å²) in [5, 5.41) is 18.8. The zero-order valence-electron chi connectivity index (χ0n) is 16.1. The average molecular weight is 403 g/mol. The van der Waals surface area contributed by atoms with Crippen molar-refractivity contribution in [3.63, 3.8) is 0 Å². The lowest BCUT2D eigenvalue weighted by atomic mass is 10.2. The van der Waals surface area contributed by atoms with Crippen molar-refractivity contribution in [2.45, 2.75) is 6.92 Å². The van der Waals surface area contributed by atoms with Crippen LogP contribution in [0.15, 0.2) is 47.3 Å². The average Bonchev–Trinajstić information content (AvgIpc) is 3.05. The number of aromatic nitrogens is 1. The van der Waals surface area contributed by atoms with Crippen LogP contribution in [0.2, 0.25) is 0 Å². The van der Waals surface area contributed by atoms with Crippen molar-refractivity contribution < 1.29 is 9.47 Å². The Labute approximate surface area is 171 Å². The van der Waals surface area contributed by atoms with Crippen LogP contribution in [0.4, 0.5) is 0 Å². The molecular formula is C22H17N3O3S. The molecular weight excluding hydrogens is 386 g/mol. The first kappa shape index (κ1) is 19.9. The fraction of sp³-hybridized carbons (Fsp3) is 0.136. The number of aryl methyl sites for hydroxylation is 1. The molecule has 0 amide bonds. The third-order valence-electron chi connectivity index (χ3n) is 4.34. The lowest BCUT2D eigenvalue weighted by Crippen LogP contribution is -2.31. The van der Waals surface area contributed by atoms with E-state index >= 15 is 0 Å². The largest absolute Gasteiger partial charge is 0.497 e. The Morgan fingerprint density at radius 3 is 2.45 bits per heavy atom.